The molecule has 1 aliphatic rings. The Labute approximate surface area is 88.8 Å². The Morgan fingerprint density at radius 1 is 1.20 bits per heavy atom. The molecule has 1 N–H and O–H groups in total. The average molecular weight is 199 g/mol. The third-order valence-corrected chi connectivity index (χ3v) is 2.70. The second-order valence-electron chi connectivity index (χ2n) is 3.79. The number of imidazole rings is 1. The topological polar surface area (TPSA) is 29.9 Å². The summed E-state index contributed by atoms with van der Waals surface area (Å²) < 4.78 is 2.19. The number of nitrogens with one attached hydrogen (secondary N) is 1. The van der Waals surface area contributed by atoms with E-state index in [1.54, 1.807) is 0 Å². The average Bonchev–Trinajstić information content (AvgIpc) is 2.74. The molecule has 0 saturated carbocycles. The van der Waals surface area contributed by atoms with E-state index in [2.05, 4.69) is 33.2 Å². The minimum absolute atomic E-state index is 1.00. The highest BCUT2D eigenvalue weighted by molar-refractivity contribution is 5.60. The summed E-state index contributed by atoms with van der Waals surface area (Å²) in [4.78, 5) is 4.57. The first-order valence-electron chi connectivity index (χ1n) is 5.30. The van der Waals surface area contributed by atoms with E-state index in [-0.39, 0.29) is 0 Å². The molecule has 2 aromatic rings. The van der Waals surface area contributed by atoms with Gasteiger partial charge < -0.3 is 9.88 Å². The van der Waals surface area contributed by atoms with Crippen LogP contribution in [0.5, 0.6) is 0 Å². The zero-order valence-corrected chi connectivity index (χ0v) is 8.48. The number of rotatable bonds is 1. The summed E-state index contributed by atoms with van der Waals surface area (Å²) in [5, 5.41) is 3.30. The van der Waals surface area contributed by atoms with Crippen molar-refractivity contribution < 1.29 is 0 Å². The van der Waals surface area contributed by atoms with Gasteiger partial charge in [-0.05, 0) is 6.42 Å². The van der Waals surface area contributed by atoms with Crippen LogP contribution in [0.4, 0.5) is 5.95 Å². The van der Waals surface area contributed by atoms with E-state index in [9.17, 15) is 0 Å². The molecule has 0 fully saturated rings. The van der Waals surface area contributed by atoms with Crippen molar-refractivity contribution in [3.05, 3.63) is 36.5 Å². The van der Waals surface area contributed by atoms with E-state index in [1.807, 2.05) is 18.2 Å². The molecule has 0 unspecified atom stereocenters. The van der Waals surface area contributed by atoms with E-state index in [0.717, 1.165) is 24.7 Å². The minimum atomic E-state index is 1.00. The van der Waals surface area contributed by atoms with Crippen LogP contribution in [0.25, 0.3) is 11.3 Å². The predicted molar refractivity (Wildman–Crippen MR) is 60.8 cm³/mol. The molecular weight excluding hydrogens is 186 g/mol. The summed E-state index contributed by atoms with van der Waals surface area (Å²) in [5.41, 5.74) is 2.24. The van der Waals surface area contributed by atoms with Crippen molar-refractivity contribution in [3.63, 3.8) is 0 Å². The van der Waals surface area contributed by atoms with Crippen LogP contribution in [0, 0.1) is 0 Å². The lowest BCUT2D eigenvalue weighted by atomic mass is 10.2. The third kappa shape index (κ3) is 1.50. The molecular formula is C12H13N3. The lowest BCUT2D eigenvalue weighted by Crippen LogP contribution is -2.16. The molecule has 0 bridgehead atoms. The molecule has 0 amide bonds. The van der Waals surface area contributed by atoms with Crippen molar-refractivity contribution in [1.29, 1.82) is 0 Å². The van der Waals surface area contributed by atoms with Gasteiger partial charge in [-0.2, -0.15) is 0 Å². The Balaban J connectivity index is 2.03. The normalized spacial score (nSPS) is 14.4. The van der Waals surface area contributed by atoms with E-state index in [4.69, 9.17) is 0 Å². The fourth-order valence-corrected chi connectivity index (χ4v) is 1.93. The van der Waals surface area contributed by atoms with Gasteiger partial charge in [-0.1, -0.05) is 30.3 Å². The highest BCUT2D eigenvalue weighted by Gasteiger charge is 2.11. The van der Waals surface area contributed by atoms with Gasteiger partial charge in [-0.25, -0.2) is 4.98 Å². The predicted octanol–water partition coefficient (Wildman–Crippen LogP) is 2.37. The summed E-state index contributed by atoms with van der Waals surface area (Å²) in [6, 6.07) is 10.3. The first kappa shape index (κ1) is 8.53. The van der Waals surface area contributed by atoms with E-state index in [1.165, 1.54) is 12.0 Å². The molecule has 0 saturated heterocycles. The molecule has 0 aliphatic carbocycles. The smallest absolute Gasteiger partial charge is 0.203 e. The van der Waals surface area contributed by atoms with Crippen LogP contribution in [0.3, 0.4) is 0 Å². The summed E-state index contributed by atoms with van der Waals surface area (Å²) in [6.45, 7) is 2.10. The number of aromatic nitrogens is 2. The lowest BCUT2D eigenvalue weighted by molar-refractivity contribution is 0.627. The summed E-state index contributed by atoms with van der Waals surface area (Å²) in [5.74, 6) is 1.00. The van der Waals surface area contributed by atoms with Crippen LogP contribution < -0.4 is 5.32 Å². The fourth-order valence-electron chi connectivity index (χ4n) is 1.93. The van der Waals surface area contributed by atoms with Gasteiger partial charge in [0.2, 0.25) is 5.95 Å². The molecule has 15 heavy (non-hydrogen) atoms. The maximum absolute atomic E-state index is 4.57. The van der Waals surface area contributed by atoms with Gasteiger partial charge in [-0.15, -0.1) is 0 Å². The van der Waals surface area contributed by atoms with E-state index >= 15 is 0 Å². The van der Waals surface area contributed by atoms with E-state index < -0.39 is 0 Å². The molecule has 1 aromatic heterocycles. The van der Waals surface area contributed by atoms with E-state index in [0.29, 0.717) is 0 Å². The molecule has 0 radical (unpaired) electrons. The lowest BCUT2D eigenvalue weighted by Gasteiger charge is -2.14. The molecule has 3 heteroatoms. The van der Waals surface area contributed by atoms with Crippen molar-refractivity contribution >= 4 is 5.95 Å². The van der Waals surface area contributed by atoms with Crippen LogP contribution in [-0.4, -0.2) is 16.1 Å². The summed E-state index contributed by atoms with van der Waals surface area (Å²) in [6.07, 6.45) is 3.30. The largest absolute Gasteiger partial charge is 0.356 e. The first-order valence-corrected chi connectivity index (χ1v) is 5.30. The van der Waals surface area contributed by atoms with Gasteiger partial charge in [0.15, 0.2) is 0 Å². The molecule has 76 valence electrons. The Hall–Kier alpha value is -1.77. The summed E-state index contributed by atoms with van der Waals surface area (Å²) >= 11 is 0. The molecule has 2 heterocycles. The van der Waals surface area contributed by atoms with Crippen molar-refractivity contribution in [2.24, 2.45) is 0 Å². The number of fused-ring (bicyclic) bond motifs is 1. The van der Waals surface area contributed by atoms with Crippen molar-refractivity contribution in [3.8, 4) is 11.3 Å². The molecule has 3 nitrogen and oxygen atoms in total. The van der Waals surface area contributed by atoms with Crippen LogP contribution in [0.15, 0.2) is 36.5 Å². The highest BCUT2D eigenvalue weighted by atomic mass is 15.2. The maximum atomic E-state index is 4.57. The number of aryl methyl sites for hydroxylation is 1. The number of anilines is 1. The van der Waals surface area contributed by atoms with Gasteiger partial charge in [-0.3, -0.25) is 0 Å². The second kappa shape index (κ2) is 3.42. The first-order chi connectivity index (χ1) is 7.43. The van der Waals surface area contributed by atoms with Crippen LogP contribution in [0.2, 0.25) is 0 Å². The monoisotopic (exact) mass is 199 g/mol. The van der Waals surface area contributed by atoms with Gasteiger partial charge in [0, 0.05) is 24.8 Å². The van der Waals surface area contributed by atoms with Gasteiger partial charge in [0.05, 0.1) is 5.69 Å². The van der Waals surface area contributed by atoms with Crippen molar-refractivity contribution in [2.45, 2.75) is 13.0 Å². The van der Waals surface area contributed by atoms with Crippen LogP contribution >= 0.6 is 0 Å². The number of hydrogen-bond acceptors (Lipinski definition) is 2. The Kier molecular flexibility index (Phi) is 1.95. The Morgan fingerprint density at radius 2 is 2.07 bits per heavy atom. The molecule has 1 aromatic carbocycles. The summed E-state index contributed by atoms with van der Waals surface area (Å²) in [7, 11) is 0. The number of benzene rings is 1. The third-order valence-electron chi connectivity index (χ3n) is 2.70. The van der Waals surface area contributed by atoms with Gasteiger partial charge in [0.25, 0.3) is 0 Å². The SMILES string of the molecule is c1ccc(-c2cn3c(n2)NCCC3)cc1. The number of hydrogen-bond donors (Lipinski definition) is 1. The van der Waals surface area contributed by atoms with Crippen LogP contribution in [-0.2, 0) is 6.54 Å². The minimum Gasteiger partial charge on any atom is -0.356 e. The Bertz CT molecular complexity index is 435. The van der Waals surface area contributed by atoms with Crippen molar-refractivity contribution in [1.82, 2.24) is 9.55 Å². The van der Waals surface area contributed by atoms with Gasteiger partial charge in [0.1, 0.15) is 0 Å². The molecule has 1 aliphatic heterocycles. The molecule has 0 atom stereocenters. The number of nitrogens with zero attached hydrogens (tertiary/aromatic N) is 2. The standard InChI is InChI=1S/C12H13N3/c1-2-5-10(6-3-1)11-9-15-8-4-7-13-12(15)14-11/h1-3,5-6,9H,4,7-8H2,(H,13,14). The fraction of sp³-hybridized carbons (Fsp3) is 0.250. The Morgan fingerprint density at radius 3 is 2.87 bits per heavy atom. The van der Waals surface area contributed by atoms with Crippen molar-refractivity contribution in [2.75, 3.05) is 11.9 Å². The quantitative estimate of drug-likeness (QED) is 0.764. The van der Waals surface area contributed by atoms with Crippen LogP contribution in [0.1, 0.15) is 6.42 Å². The molecule has 0 spiro atoms. The maximum Gasteiger partial charge on any atom is 0.203 e. The highest BCUT2D eigenvalue weighted by Crippen LogP contribution is 2.22. The zero-order chi connectivity index (χ0) is 10.1. The van der Waals surface area contributed by atoms with Gasteiger partial charge >= 0.3 is 0 Å². The zero-order valence-electron chi connectivity index (χ0n) is 8.48. The molecule has 3 rings (SSSR count). The second-order valence-corrected chi connectivity index (χ2v) is 3.79.